The molecule has 2 heterocycles. The van der Waals surface area contributed by atoms with Gasteiger partial charge in [-0.2, -0.15) is 0 Å². The SMILES string of the molecule is CCC1CCN(C(=O)c2ccc3[nH]ccc3c2)CC1. The second-order valence-corrected chi connectivity index (χ2v) is 5.42. The van der Waals surface area contributed by atoms with E-state index in [0.717, 1.165) is 48.3 Å². The van der Waals surface area contributed by atoms with Gasteiger partial charge in [0.2, 0.25) is 0 Å². The third kappa shape index (κ3) is 2.37. The van der Waals surface area contributed by atoms with Crippen LogP contribution in [-0.4, -0.2) is 28.9 Å². The lowest BCUT2D eigenvalue weighted by atomic mass is 9.94. The van der Waals surface area contributed by atoms with Gasteiger partial charge in [0, 0.05) is 35.8 Å². The van der Waals surface area contributed by atoms with Gasteiger partial charge in [-0.3, -0.25) is 4.79 Å². The third-order valence-corrected chi connectivity index (χ3v) is 4.28. The van der Waals surface area contributed by atoms with E-state index < -0.39 is 0 Å². The molecule has 0 saturated carbocycles. The third-order valence-electron chi connectivity index (χ3n) is 4.28. The summed E-state index contributed by atoms with van der Waals surface area (Å²) in [6, 6.07) is 7.91. The Balaban J connectivity index is 1.76. The van der Waals surface area contributed by atoms with Crippen LogP contribution in [0.5, 0.6) is 0 Å². The number of rotatable bonds is 2. The lowest BCUT2D eigenvalue weighted by Gasteiger charge is -2.31. The summed E-state index contributed by atoms with van der Waals surface area (Å²) < 4.78 is 0. The molecule has 0 bridgehead atoms. The smallest absolute Gasteiger partial charge is 0.253 e. The van der Waals surface area contributed by atoms with Crippen LogP contribution in [0.25, 0.3) is 10.9 Å². The van der Waals surface area contributed by atoms with Crippen LogP contribution in [0.1, 0.15) is 36.5 Å². The fourth-order valence-corrected chi connectivity index (χ4v) is 2.91. The molecule has 1 amide bonds. The summed E-state index contributed by atoms with van der Waals surface area (Å²) in [5.74, 6) is 0.980. The summed E-state index contributed by atoms with van der Waals surface area (Å²) in [4.78, 5) is 17.6. The highest BCUT2D eigenvalue weighted by atomic mass is 16.2. The molecular weight excluding hydrogens is 236 g/mol. The Morgan fingerprint density at radius 1 is 1.32 bits per heavy atom. The Morgan fingerprint density at radius 3 is 2.84 bits per heavy atom. The molecule has 1 N–H and O–H groups in total. The van der Waals surface area contributed by atoms with Gasteiger partial charge in [-0.1, -0.05) is 13.3 Å². The number of piperidine rings is 1. The molecule has 100 valence electrons. The number of likely N-dealkylation sites (tertiary alicyclic amines) is 1. The van der Waals surface area contributed by atoms with Gasteiger partial charge in [-0.15, -0.1) is 0 Å². The average Bonchev–Trinajstić information content (AvgIpc) is 2.94. The number of fused-ring (bicyclic) bond motifs is 1. The van der Waals surface area contributed by atoms with E-state index in [9.17, 15) is 4.79 Å². The van der Waals surface area contributed by atoms with Crippen molar-refractivity contribution in [2.75, 3.05) is 13.1 Å². The normalized spacial score (nSPS) is 17.0. The van der Waals surface area contributed by atoms with Crippen LogP contribution >= 0.6 is 0 Å². The van der Waals surface area contributed by atoms with E-state index in [4.69, 9.17) is 0 Å². The van der Waals surface area contributed by atoms with Crippen molar-refractivity contribution < 1.29 is 4.79 Å². The molecule has 2 aromatic rings. The highest BCUT2D eigenvalue weighted by molar-refractivity contribution is 5.98. The fourth-order valence-electron chi connectivity index (χ4n) is 2.91. The summed E-state index contributed by atoms with van der Waals surface area (Å²) in [7, 11) is 0. The van der Waals surface area contributed by atoms with Gasteiger partial charge in [0.1, 0.15) is 0 Å². The molecule has 19 heavy (non-hydrogen) atoms. The minimum absolute atomic E-state index is 0.178. The van der Waals surface area contributed by atoms with Crippen molar-refractivity contribution in [1.29, 1.82) is 0 Å². The molecule has 1 aliphatic heterocycles. The Hall–Kier alpha value is -1.77. The molecule has 1 aromatic heterocycles. The van der Waals surface area contributed by atoms with E-state index in [1.54, 1.807) is 0 Å². The maximum absolute atomic E-state index is 12.5. The van der Waals surface area contributed by atoms with Crippen LogP contribution < -0.4 is 0 Å². The van der Waals surface area contributed by atoms with Crippen LogP contribution in [0.4, 0.5) is 0 Å². The number of hydrogen-bond acceptors (Lipinski definition) is 1. The molecule has 1 aliphatic rings. The molecular formula is C16H20N2O. The number of benzene rings is 1. The van der Waals surface area contributed by atoms with Gasteiger partial charge < -0.3 is 9.88 Å². The number of aromatic amines is 1. The van der Waals surface area contributed by atoms with Crippen LogP contribution in [0.2, 0.25) is 0 Å². The first kappa shape index (κ1) is 12.3. The number of amides is 1. The minimum atomic E-state index is 0.178. The Bertz CT molecular complexity index is 579. The van der Waals surface area contributed by atoms with Crippen molar-refractivity contribution in [3.63, 3.8) is 0 Å². The molecule has 0 aliphatic carbocycles. The molecule has 1 aromatic carbocycles. The Kier molecular flexibility index (Phi) is 3.28. The maximum Gasteiger partial charge on any atom is 0.253 e. The molecule has 3 rings (SSSR count). The molecule has 1 saturated heterocycles. The summed E-state index contributed by atoms with van der Waals surface area (Å²) in [5, 5.41) is 1.11. The number of nitrogens with zero attached hydrogens (tertiary/aromatic N) is 1. The van der Waals surface area contributed by atoms with E-state index in [1.807, 2.05) is 35.4 Å². The zero-order valence-electron chi connectivity index (χ0n) is 11.4. The lowest BCUT2D eigenvalue weighted by molar-refractivity contribution is 0.0689. The molecule has 0 radical (unpaired) electrons. The second kappa shape index (κ2) is 5.08. The first-order valence-electron chi connectivity index (χ1n) is 7.14. The summed E-state index contributed by atoms with van der Waals surface area (Å²) >= 11 is 0. The molecule has 3 nitrogen and oxygen atoms in total. The summed E-state index contributed by atoms with van der Waals surface area (Å²) in [5.41, 5.74) is 1.89. The van der Waals surface area contributed by atoms with E-state index >= 15 is 0 Å². The highest BCUT2D eigenvalue weighted by Crippen LogP contribution is 2.22. The Labute approximate surface area is 113 Å². The number of nitrogens with one attached hydrogen (secondary N) is 1. The first-order chi connectivity index (χ1) is 9.28. The van der Waals surface area contributed by atoms with Gasteiger partial charge >= 0.3 is 0 Å². The van der Waals surface area contributed by atoms with Gasteiger partial charge in [0.05, 0.1) is 0 Å². The molecule has 1 fully saturated rings. The van der Waals surface area contributed by atoms with Gasteiger partial charge in [-0.05, 0) is 43.0 Å². The zero-order chi connectivity index (χ0) is 13.2. The first-order valence-corrected chi connectivity index (χ1v) is 7.14. The number of H-pyrrole nitrogens is 1. The van der Waals surface area contributed by atoms with Crippen molar-refractivity contribution in [1.82, 2.24) is 9.88 Å². The van der Waals surface area contributed by atoms with Crippen LogP contribution in [0.3, 0.4) is 0 Å². The van der Waals surface area contributed by atoms with Crippen molar-refractivity contribution in [2.24, 2.45) is 5.92 Å². The minimum Gasteiger partial charge on any atom is -0.361 e. The second-order valence-electron chi connectivity index (χ2n) is 5.42. The molecule has 0 spiro atoms. The predicted molar refractivity (Wildman–Crippen MR) is 77.2 cm³/mol. The van der Waals surface area contributed by atoms with E-state index in [0.29, 0.717) is 0 Å². The van der Waals surface area contributed by atoms with E-state index in [2.05, 4.69) is 11.9 Å². The molecule has 3 heteroatoms. The number of carbonyl (C=O) groups is 1. The molecule has 0 unspecified atom stereocenters. The standard InChI is InChI=1S/C16H20N2O/c1-2-12-6-9-18(10-7-12)16(19)14-3-4-15-13(11-14)5-8-17-15/h3-5,8,11-12,17H,2,6-7,9-10H2,1H3. The largest absolute Gasteiger partial charge is 0.361 e. The zero-order valence-corrected chi connectivity index (χ0v) is 11.4. The topological polar surface area (TPSA) is 36.1 Å². The summed E-state index contributed by atoms with van der Waals surface area (Å²) in [6.07, 6.45) is 5.44. The van der Waals surface area contributed by atoms with Gasteiger partial charge in [0.25, 0.3) is 5.91 Å². The number of hydrogen-bond donors (Lipinski definition) is 1. The van der Waals surface area contributed by atoms with Crippen molar-refractivity contribution >= 4 is 16.8 Å². The summed E-state index contributed by atoms with van der Waals surface area (Å²) in [6.45, 7) is 4.05. The molecule has 0 atom stereocenters. The quantitative estimate of drug-likeness (QED) is 0.878. The van der Waals surface area contributed by atoms with Gasteiger partial charge in [0.15, 0.2) is 0 Å². The fraction of sp³-hybridized carbons (Fsp3) is 0.438. The predicted octanol–water partition coefficient (Wildman–Crippen LogP) is 3.43. The number of aromatic nitrogens is 1. The monoisotopic (exact) mass is 256 g/mol. The van der Waals surface area contributed by atoms with E-state index in [-0.39, 0.29) is 5.91 Å². The lowest BCUT2D eigenvalue weighted by Crippen LogP contribution is -2.38. The van der Waals surface area contributed by atoms with Gasteiger partial charge in [-0.25, -0.2) is 0 Å². The number of carbonyl (C=O) groups excluding carboxylic acids is 1. The highest BCUT2D eigenvalue weighted by Gasteiger charge is 2.22. The van der Waals surface area contributed by atoms with Crippen molar-refractivity contribution in [3.8, 4) is 0 Å². The van der Waals surface area contributed by atoms with E-state index in [1.165, 1.54) is 6.42 Å². The average molecular weight is 256 g/mol. The van der Waals surface area contributed by atoms with Crippen LogP contribution in [-0.2, 0) is 0 Å². The Morgan fingerprint density at radius 2 is 2.11 bits per heavy atom. The van der Waals surface area contributed by atoms with Crippen molar-refractivity contribution in [3.05, 3.63) is 36.0 Å². The van der Waals surface area contributed by atoms with Crippen LogP contribution in [0.15, 0.2) is 30.5 Å². The van der Waals surface area contributed by atoms with Crippen LogP contribution in [0, 0.1) is 5.92 Å². The van der Waals surface area contributed by atoms with Crippen molar-refractivity contribution in [2.45, 2.75) is 26.2 Å². The maximum atomic E-state index is 12.5.